The van der Waals surface area contributed by atoms with Crippen molar-refractivity contribution in [2.75, 3.05) is 13.1 Å². The van der Waals surface area contributed by atoms with Crippen LogP contribution in [0.2, 0.25) is 0 Å². The van der Waals surface area contributed by atoms with Crippen LogP contribution >= 0.6 is 11.3 Å². The van der Waals surface area contributed by atoms with Gasteiger partial charge in [0, 0.05) is 6.54 Å². The molecule has 0 spiro atoms. The van der Waals surface area contributed by atoms with Crippen LogP contribution in [0.25, 0.3) is 0 Å². The number of rotatable bonds is 1. The molecule has 0 aromatic carbocycles. The number of aromatic nitrogens is 1. The lowest BCUT2D eigenvalue weighted by atomic mass is 10.0. The van der Waals surface area contributed by atoms with Crippen molar-refractivity contribution < 1.29 is 19.0 Å². The van der Waals surface area contributed by atoms with E-state index in [4.69, 9.17) is 4.74 Å². The van der Waals surface area contributed by atoms with E-state index in [0.717, 1.165) is 15.9 Å². The molecule has 2 heterocycles. The minimum Gasteiger partial charge on any atom is -0.494 e. The summed E-state index contributed by atoms with van der Waals surface area (Å²) < 4.78 is 20.6. The van der Waals surface area contributed by atoms with Crippen molar-refractivity contribution in [2.24, 2.45) is 0 Å². The van der Waals surface area contributed by atoms with E-state index in [-0.39, 0.29) is 25.4 Å². The van der Waals surface area contributed by atoms with Crippen LogP contribution in [0.1, 0.15) is 33.2 Å². The highest BCUT2D eigenvalue weighted by molar-refractivity contribution is 7.07. The van der Waals surface area contributed by atoms with Crippen molar-refractivity contribution in [3.05, 3.63) is 15.0 Å². The molecular weight excluding hydrogens is 299 g/mol. The number of carbonyl (C=O) groups excluding carboxylic acids is 1. The number of halogens is 1. The highest BCUT2D eigenvalue weighted by Crippen LogP contribution is 2.29. The second-order valence-corrected chi connectivity index (χ2v) is 6.85. The third-order valence-corrected chi connectivity index (χ3v) is 3.93. The summed E-state index contributed by atoms with van der Waals surface area (Å²) in [6.45, 7) is 5.36. The van der Waals surface area contributed by atoms with E-state index >= 15 is 0 Å². The molecule has 2 unspecified atom stereocenters. The van der Waals surface area contributed by atoms with Crippen molar-refractivity contribution >= 4 is 17.4 Å². The first-order chi connectivity index (χ1) is 9.69. The van der Waals surface area contributed by atoms with Gasteiger partial charge in [-0.1, -0.05) is 11.3 Å². The molecule has 1 aromatic rings. The second-order valence-electron chi connectivity index (χ2n) is 6.03. The predicted molar refractivity (Wildman–Crippen MR) is 76.6 cm³/mol. The molecular formula is C13H19FN2O4S. The Bertz CT molecular complexity index is 577. The van der Waals surface area contributed by atoms with Gasteiger partial charge in [-0.25, -0.2) is 9.18 Å². The minimum atomic E-state index is -1.43. The number of alkyl halides is 1. The SMILES string of the molecule is CC(C)(C)OC(=O)N1CCC(n2c(O)csc2=O)C(F)C1. The average molecular weight is 318 g/mol. The number of thiazole rings is 1. The molecule has 118 valence electrons. The van der Waals surface area contributed by atoms with Gasteiger partial charge in [-0.3, -0.25) is 9.36 Å². The lowest BCUT2D eigenvalue weighted by Gasteiger charge is -2.35. The largest absolute Gasteiger partial charge is 0.494 e. The van der Waals surface area contributed by atoms with Gasteiger partial charge in [0.2, 0.25) is 5.88 Å². The smallest absolute Gasteiger partial charge is 0.410 e. The maximum atomic E-state index is 14.3. The Labute approximate surface area is 125 Å². The number of hydrogen-bond donors (Lipinski definition) is 1. The predicted octanol–water partition coefficient (Wildman–Crippen LogP) is 2.14. The summed E-state index contributed by atoms with van der Waals surface area (Å²) in [5, 5.41) is 10.9. The van der Waals surface area contributed by atoms with Crippen molar-refractivity contribution in [3.63, 3.8) is 0 Å². The molecule has 8 heteroatoms. The first-order valence-electron chi connectivity index (χ1n) is 6.70. The molecule has 0 radical (unpaired) electrons. The number of carbonyl (C=O) groups is 1. The maximum absolute atomic E-state index is 14.3. The average Bonchev–Trinajstić information content (AvgIpc) is 2.67. The van der Waals surface area contributed by atoms with E-state index in [1.54, 1.807) is 20.8 Å². The fourth-order valence-corrected chi connectivity index (χ4v) is 2.95. The first-order valence-corrected chi connectivity index (χ1v) is 7.58. The minimum absolute atomic E-state index is 0.151. The Hall–Kier alpha value is -1.57. The second kappa shape index (κ2) is 5.67. The Kier molecular flexibility index (Phi) is 4.27. The molecule has 6 nitrogen and oxygen atoms in total. The zero-order valence-electron chi connectivity index (χ0n) is 12.2. The van der Waals surface area contributed by atoms with E-state index in [9.17, 15) is 19.1 Å². The normalized spacial score (nSPS) is 23.1. The van der Waals surface area contributed by atoms with Crippen molar-refractivity contribution in [3.8, 4) is 5.88 Å². The van der Waals surface area contributed by atoms with Crippen molar-refractivity contribution in [1.82, 2.24) is 9.47 Å². The van der Waals surface area contributed by atoms with E-state index in [2.05, 4.69) is 0 Å². The summed E-state index contributed by atoms with van der Waals surface area (Å²) in [6.07, 6.45) is -1.74. The molecule has 1 fully saturated rings. The van der Waals surface area contributed by atoms with Crippen molar-refractivity contribution in [2.45, 2.75) is 45.0 Å². The van der Waals surface area contributed by atoms with Gasteiger partial charge in [-0.15, -0.1) is 0 Å². The van der Waals surface area contributed by atoms with Gasteiger partial charge in [0.25, 0.3) is 0 Å². The third kappa shape index (κ3) is 3.55. The molecule has 1 aromatic heterocycles. The van der Waals surface area contributed by atoms with Crippen LogP contribution in [0.15, 0.2) is 10.2 Å². The van der Waals surface area contributed by atoms with Crippen LogP contribution in [0.3, 0.4) is 0 Å². The fourth-order valence-electron chi connectivity index (χ4n) is 2.29. The van der Waals surface area contributed by atoms with Crippen LogP contribution in [0.4, 0.5) is 9.18 Å². The molecule has 1 amide bonds. The van der Waals surface area contributed by atoms with Crippen LogP contribution in [0.5, 0.6) is 5.88 Å². The molecule has 1 aliphatic heterocycles. The number of aromatic hydroxyl groups is 1. The fraction of sp³-hybridized carbons (Fsp3) is 0.692. The Morgan fingerprint density at radius 2 is 2.19 bits per heavy atom. The van der Waals surface area contributed by atoms with Gasteiger partial charge in [0.15, 0.2) is 0 Å². The number of piperidine rings is 1. The van der Waals surface area contributed by atoms with E-state index in [1.807, 2.05) is 0 Å². The Morgan fingerprint density at radius 3 is 2.67 bits per heavy atom. The number of hydrogen-bond acceptors (Lipinski definition) is 5. The first kappa shape index (κ1) is 15.8. The van der Waals surface area contributed by atoms with E-state index < -0.39 is 28.8 Å². The lowest BCUT2D eigenvalue weighted by Crippen LogP contribution is -2.48. The summed E-state index contributed by atoms with van der Waals surface area (Å²) in [4.78, 5) is 24.4. The number of ether oxygens (including phenoxy) is 1. The summed E-state index contributed by atoms with van der Waals surface area (Å²) in [7, 11) is 0. The van der Waals surface area contributed by atoms with Gasteiger partial charge < -0.3 is 14.7 Å². The summed E-state index contributed by atoms with van der Waals surface area (Å²) in [6, 6.07) is -0.748. The zero-order valence-corrected chi connectivity index (χ0v) is 13.0. The molecule has 1 aliphatic rings. The topological polar surface area (TPSA) is 71.8 Å². The molecule has 2 atom stereocenters. The summed E-state index contributed by atoms with van der Waals surface area (Å²) in [5.41, 5.74) is -0.637. The molecule has 0 aliphatic carbocycles. The lowest BCUT2D eigenvalue weighted by molar-refractivity contribution is 0.00615. The molecule has 1 N–H and O–H groups in total. The molecule has 0 saturated carbocycles. The van der Waals surface area contributed by atoms with Crippen LogP contribution < -0.4 is 4.87 Å². The van der Waals surface area contributed by atoms with Crippen LogP contribution in [0, 0.1) is 0 Å². The summed E-state index contributed by atoms with van der Waals surface area (Å²) in [5.74, 6) is -0.233. The van der Waals surface area contributed by atoms with E-state index in [1.165, 1.54) is 10.3 Å². The monoisotopic (exact) mass is 318 g/mol. The highest BCUT2D eigenvalue weighted by Gasteiger charge is 2.36. The standard InChI is InChI=1S/C13H19FN2O4S/c1-13(2,3)20-11(18)15-5-4-9(8(14)6-15)16-10(17)7-21-12(16)19/h7-9,17H,4-6H2,1-3H3. The van der Waals surface area contributed by atoms with Gasteiger partial charge >= 0.3 is 11.0 Å². The van der Waals surface area contributed by atoms with E-state index in [0.29, 0.717) is 0 Å². The molecule has 2 rings (SSSR count). The molecule has 0 bridgehead atoms. The third-order valence-electron chi connectivity index (χ3n) is 3.20. The highest BCUT2D eigenvalue weighted by atomic mass is 32.1. The zero-order chi connectivity index (χ0) is 15.8. The Morgan fingerprint density at radius 1 is 1.52 bits per heavy atom. The number of nitrogens with zero attached hydrogens (tertiary/aromatic N) is 2. The van der Waals surface area contributed by atoms with Crippen LogP contribution in [-0.2, 0) is 4.74 Å². The quantitative estimate of drug-likeness (QED) is 0.861. The van der Waals surface area contributed by atoms with Gasteiger partial charge in [-0.05, 0) is 27.2 Å². The Balaban J connectivity index is 2.06. The molecule has 21 heavy (non-hydrogen) atoms. The van der Waals surface area contributed by atoms with Gasteiger partial charge in [0.1, 0.15) is 11.8 Å². The number of amides is 1. The van der Waals surface area contributed by atoms with Gasteiger partial charge in [0.05, 0.1) is 18.0 Å². The van der Waals surface area contributed by atoms with Crippen LogP contribution in [-0.4, -0.2) is 45.5 Å². The van der Waals surface area contributed by atoms with Crippen molar-refractivity contribution in [1.29, 1.82) is 0 Å². The molecule has 1 saturated heterocycles. The maximum Gasteiger partial charge on any atom is 0.410 e. The van der Waals surface area contributed by atoms with Gasteiger partial charge in [-0.2, -0.15) is 0 Å². The number of likely N-dealkylation sites (tertiary alicyclic amines) is 1. The summed E-state index contributed by atoms with van der Waals surface area (Å²) >= 11 is 0.827.